The molecule has 0 aliphatic rings. The lowest BCUT2D eigenvalue weighted by Gasteiger charge is -2.18. The van der Waals surface area contributed by atoms with Crippen molar-refractivity contribution < 1.29 is 14.3 Å². The molecular formula is C22H22ClN3O3S2. The van der Waals surface area contributed by atoms with Gasteiger partial charge in [-0.1, -0.05) is 11.6 Å². The molecule has 0 fully saturated rings. The van der Waals surface area contributed by atoms with E-state index < -0.39 is 5.91 Å². The third-order valence-electron chi connectivity index (χ3n) is 4.71. The van der Waals surface area contributed by atoms with Gasteiger partial charge in [0.15, 0.2) is 5.11 Å². The van der Waals surface area contributed by atoms with E-state index in [1.165, 1.54) is 11.3 Å². The van der Waals surface area contributed by atoms with Crippen LogP contribution in [-0.4, -0.2) is 42.0 Å². The van der Waals surface area contributed by atoms with Crippen molar-refractivity contribution in [2.75, 3.05) is 25.5 Å². The number of methoxy groups -OCH3 is 1. The van der Waals surface area contributed by atoms with Crippen LogP contribution in [0.1, 0.15) is 33.9 Å². The van der Waals surface area contributed by atoms with Crippen LogP contribution in [0.15, 0.2) is 42.5 Å². The monoisotopic (exact) mass is 475 g/mol. The Balaban J connectivity index is 1.67. The second-order valence-electron chi connectivity index (χ2n) is 6.57. The van der Waals surface area contributed by atoms with E-state index in [0.717, 1.165) is 10.1 Å². The Hall–Kier alpha value is -2.68. The molecule has 0 radical (unpaired) electrons. The highest BCUT2D eigenvalue weighted by Crippen LogP contribution is 2.37. The number of hydrogen-bond donors (Lipinski definition) is 2. The molecule has 31 heavy (non-hydrogen) atoms. The number of nitrogens with zero attached hydrogens (tertiary/aromatic N) is 1. The number of carbonyl (C=O) groups is 2. The molecule has 2 N–H and O–H groups in total. The Morgan fingerprint density at radius 3 is 2.42 bits per heavy atom. The van der Waals surface area contributed by atoms with Gasteiger partial charge < -0.3 is 15.0 Å². The lowest BCUT2D eigenvalue weighted by molar-refractivity contribution is 0.0772. The quantitative estimate of drug-likeness (QED) is 0.481. The van der Waals surface area contributed by atoms with Crippen molar-refractivity contribution in [1.29, 1.82) is 0 Å². The number of hydrogen-bond acceptors (Lipinski definition) is 5. The Bertz CT molecular complexity index is 1120. The molecule has 0 atom stereocenters. The number of nitrogens with one attached hydrogen (secondary N) is 2. The van der Waals surface area contributed by atoms with Gasteiger partial charge in [-0.15, -0.1) is 11.3 Å². The first-order valence-corrected chi connectivity index (χ1v) is 11.3. The summed E-state index contributed by atoms with van der Waals surface area (Å²) in [7, 11) is 1.58. The number of carbonyl (C=O) groups excluding carboxylic acids is 2. The van der Waals surface area contributed by atoms with Crippen molar-refractivity contribution in [3.05, 3.63) is 57.9 Å². The fourth-order valence-electron chi connectivity index (χ4n) is 3.03. The Kier molecular flexibility index (Phi) is 7.48. The van der Waals surface area contributed by atoms with E-state index in [-0.39, 0.29) is 11.0 Å². The third-order valence-corrected chi connectivity index (χ3v) is 6.57. The topological polar surface area (TPSA) is 70.7 Å². The van der Waals surface area contributed by atoms with Gasteiger partial charge in [0.2, 0.25) is 0 Å². The molecule has 0 spiro atoms. The summed E-state index contributed by atoms with van der Waals surface area (Å²) in [6.45, 7) is 5.19. The molecule has 0 saturated carbocycles. The summed E-state index contributed by atoms with van der Waals surface area (Å²) < 4.78 is 6.07. The van der Waals surface area contributed by atoms with Gasteiger partial charge in [-0.2, -0.15) is 0 Å². The summed E-state index contributed by atoms with van der Waals surface area (Å²) in [5, 5.41) is 6.90. The second-order valence-corrected chi connectivity index (χ2v) is 8.41. The van der Waals surface area contributed by atoms with E-state index in [0.29, 0.717) is 40.0 Å². The fourth-order valence-corrected chi connectivity index (χ4v) is 4.68. The summed E-state index contributed by atoms with van der Waals surface area (Å²) in [5.41, 5.74) is 1.25. The van der Waals surface area contributed by atoms with Crippen molar-refractivity contribution in [2.24, 2.45) is 0 Å². The second kappa shape index (κ2) is 10.1. The summed E-state index contributed by atoms with van der Waals surface area (Å²) in [4.78, 5) is 27.2. The molecule has 0 aliphatic heterocycles. The molecule has 2 aromatic carbocycles. The molecule has 0 saturated heterocycles. The highest BCUT2D eigenvalue weighted by Gasteiger charge is 2.19. The number of benzene rings is 2. The average molecular weight is 476 g/mol. The molecule has 2 amide bonds. The van der Waals surface area contributed by atoms with E-state index in [2.05, 4.69) is 10.6 Å². The SMILES string of the molecule is CCN(CC)C(=O)c1ccc(NC(=S)NC(=O)c2sc3cc(OC)ccc3c2Cl)cc1. The van der Waals surface area contributed by atoms with Gasteiger partial charge in [-0.05, 0) is 68.5 Å². The number of fused-ring (bicyclic) bond motifs is 1. The molecular weight excluding hydrogens is 454 g/mol. The smallest absolute Gasteiger partial charge is 0.269 e. The van der Waals surface area contributed by atoms with Gasteiger partial charge in [0.1, 0.15) is 10.6 Å². The molecule has 3 aromatic rings. The standard InChI is InChI=1S/C22H22ClN3O3S2/c1-4-26(5-2)21(28)13-6-8-14(9-7-13)24-22(30)25-20(27)19-18(23)16-11-10-15(29-3)12-17(16)31-19/h6-12H,4-5H2,1-3H3,(H2,24,25,27,30). The molecule has 1 aromatic heterocycles. The number of halogens is 1. The lowest BCUT2D eigenvalue weighted by atomic mass is 10.2. The largest absolute Gasteiger partial charge is 0.497 e. The van der Waals surface area contributed by atoms with Crippen LogP contribution >= 0.6 is 35.2 Å². The highest BCUT2D eigenvalue weighted by atomic mass is 35.5. The maximum absolute atomic E-state index is 12.7. The molecule has 3 rings (SSSR count). The third kappa shape index (κ3) is 5.15. The van der Waals surface area contributed by atoms with Crippen molar-refractivity contribution in [3.8, 4) is 5.75 Å². The van der Waals surface area contributed by atoms with E-state index in [4.69, 9.17) is 28.6 Å². The fraction of sp³-hybridized carbons (Fsp3) is 0.227. The van der Waals surface area contributed by atoms with Crippen LogP contribution in [0.2, 0.25) is 5.02 Å². The van der Waals surface area contributed by atoms with Gasteiger partial charge in [0, 0.05) is 34.4 Å². The summed E-state index contributed by atoms with van der Waals surface area (Å²) in [5.74, 6) is 0.275. The van der Waals surface area contributed by atoms with Gasteiger partial charge >= 0.3 is 0 Å². The number of thiocarbonyl (C=S) groups is 1. The number of amides is 2. The van der Waals surface area contributed by atoms with E-state index in [9.17, 15) is 9.59 Å². The molecule has 162 valence electrons. The molecule has 0 aliphatic carbocycles. The predicted octanol–water partition coefficient (Wildman–Crippen LogP) is 5.17. The molecule has 0 unspecified atom stereocenters. The number of thiophene rings is 1. The Labute approximate surface area is 195 Å². The lowest BCUT2D eigenvalue weighted by Crippen LogP contribution is -2.33. The van der Waals surface area contributed by atoms with Crippen molar-refractivity contribution in [1.82, 2.24) is 10.2 Å². The average Bonchev–Trinajstić information content (AvgIpc) is 3.10. The first-order valence-electron chi connectivity index (χ1n) is 9.65. The zero-order valence-electron chi connectivity index (χ0n) is 17.3. The zero-order chi connectivity index (χ0) is 22.5. The van der Waals surface area contributed by atoms with Crippen LogP contribution in [0.4, 0.5) is 5.69 Å². The van der Waals surface area contributed by atoms with Crippen molar-refractivity contribution in [3.63, 3.8) is 0 Å². The van der Waals surface area contributed by atoms with Gasteiger partial charge in [-0.25, -0.2) is 0 Å². The molecule has 1 heterocycles. The maximum atomic E-state index is 12.7. The first-order chi connectivity index (χ1) is 14.9. The summed E-state index contributed by atoms with van der Waals surface area (Å²) in [6, 6.07) is 12.4. The predicted molar refractivity (Wildman–Crippen MR) is 131 cm³/mol. The van der Waals surface area contributed by atoms with Gasteiger partial charge in [0.25, 0.3) is 11.8 Å². The minimum Gasteiger partial charge on any atom is -0.497 e. The van der Waals surface area contributed by atoms with E-state index >= 15 is 0 Å². The Morgan fingerprint density at radius 2 is 1.81 bits per heavy atom. The van der Waals surface area contributed by atoms with Crippen LogP contribution in [0.5, 0.6) is 5.75 Å². The molecule has 9 heteroatoms. The van der Waals surface area contributed by atoms with E-state index in [1.54, 1.807) is 42.3 Å². The van der Waals surface area contributed by atoms with Crippen molar-refractivity contribution >= 4 is 67.9 Å². The van der Waals surface area contributed by atoms with Crippen LogP contribution in [0.3, 0.4) is 0 Å². The van der Waals surface area contributed by atoms with Gasteiger partial charge in [0.05, 0.1) is 12.1 Å². The van der Waals surface area contributed by atoms with Crippen LogP contribution in [0.25, 0.3) is 10.1 Å². The van der Waals surface area contributed by atoms with Crippen LogP contribution in [0, 0.1) is 0 Å². The number of anilines is 1. The molecule has 0 bridgehead atoms. The minimum absolute atomic E-state index is 0.0246. The summed E-state index contributed by atoms with van der Waals surface area (Å²) in [6.07, 6.45) is 0. The van der Waals surface area contributed by atoms with Crippen LogP contribution < -0.4 is 15.4 Å². The van der Waals surface area contributed by atoms with Crippen molar-refractivity contribution in [2.45, 2.75) is 13.8 Å². The highest BCUT2D eigenvalue weighted by molar-refractivity contribution is 7.80. The van der Waals surface area contributed by atoms with E-state index in [1.807, 2.05) is 26.0 Å². The minimum atomic E-state index is -0.393. The number of rotatable bonds is 6. The first kappa shape index (κ1) is 23.0. The van der Waals surface area contributed by atoms with Gasteiger partial charge in [-0.3, -0.25) is 14.9 Å². The normalized spacial score (nSPS) is 10.6. The summed E-state index contributed by atoms with van der Waals surface area (Å²) >= 11 is 12.9. The molecule has 6 nitrogen and oxygen atoms in total. The number of ether oxygens (including phenoxy) is 1. The maximum Gasteiger partial charge on any atom is 0.269 e. The zero-order valence-corrected chi connectivity index (χ0v) is 19.7. The Morgan fingerprint density at radius 1 is 1.13 bits per heavy atom. The van der Waals surface area contributed by atoms with Crippen LogP contribution in [-0.2, 0) is 0 Å².